The zero-order valence-electron chi connectivity index (χ0n) is 6.45. The topological polar surface area (TPSA) is 45.8 Å². The summed E-state index contributed by atoms with van der Waals surface area (Å²) >= 11 is 0. The van der Waals surface area contributed by atoms with Crippen LogP contribution in [0.2, 0.25) is 0 Å². The first kappa shape index (κ1) is 7.03. The summed E-state index contributed by atoms with van der Waals surface area (Å²) in [6, 6.07) is 5.77. The van der Waals surface area contributed by atoms with Gasteiger partial charge in [-0.05, 0) is 11.6 Å². The highest BCUT2D eigenvalue weighted by molar-refractivity contribution is 5.80. The van der Waals surface area contributed by atoms with Gasteiger partial charge in [-0.15, -0.1) is 0 Å². The van der Waals surface area contributed by atoms with Crippen LogP contribution in [0.25, 0.3) is 11.0 Å². The number of benzene rings is 1. The van der Waals surface area contributed by atoms with Gasteiger partial charge in [-0.1, -0.05) is 12.1 Å². The summed E-state index contributed by atoms with van der Waals surface area (Å²) in [7, 11) is 0. The highest BCUT2D eigenvalue weighted by Crippen LogP contribution is 2.13. The Balaban J connectivity index is 2.65. The monoisotopic (exact) mass is 160 g/mol. The van der Waals surface area contributed by atoms with E-state index in [9.17, 15) is 4.79 Å². The molecule has 2 rings (SSSR count). The Morgan fingerprint density at radius 3 is 3.25 bits per heavy atom. The van der Waals surface area contributed by atoms with E-state index in [0.717, 1.165) is 22.9 Å². The fourth-order valence-electron chi connectivity index (χ4n) is 1.28. The normalized spacial score (nSPS) is 10.3. The van der Waals surface area contributed by atoms with E-state index < -0.39 is 0 Å². The maximum Gasteiger partial charge on any atom is 0.124 e. The van der Waals surface area contributed by atoms with Gasteiger partial charge >= 0.3 is 0 Å². The molecule has 0 atom stereocenters. The predicted molar refractivity (Wildman–Crippen MR) is 45.9 cm³/mol. The van der Waals surface area contributed by atoms with E-state index in [2.05, 4.69) is 9.97 Å². The summed E-state index contributed by atoms with van der Waals surface area (Å²) in [5, 5.41) is 0. The molecule has 12 heavy (non-hydrogen) atoms. The second-order valence-corrected chi connectivity index (χ2v) is 2.59. The van der Waals surface area contributed by atoms with Crippen molar-refractivity contribution in [3.8, 4) is 0 Å². The number of nitrogens with zero attached hydrogens (tertiary/aromatic N) is 1. The number of hydrogen-bond acceptors (Lipinski definition) is 2. The molecule has 0 radical (unpaired) electrons. The third-order valence-corrected chi connectivity index (χ3v) is 1.84. The molecule has 1 heterocycles. The molecular formula is C9H8N2O. The van der Waals surface area contributed by atoms with Crippen LogP contribution in [0.3, 0.4) is 0 Å². The van der Waals surface area contributed by atoms with Crippen molar-refractivity contribution < 1.29 is 4.79 Å². The van der Waals surface area contributed by atoms with Crippen LogP contribution in [-0.4, -0.2) is 16.3 Å². The number of para-hydroxylation sites is 1. The molecule has 1 aromatic carbocycles. The molecule has 0 saturated carbocycles. The van der Waals surface area contributed by atoms with Crippen molar-refractivity contribution in [3.05, 3.63) is 30.1 Å². The van der Waals surface area contributed by atoms with Gasteiger partial charge in [0.05, 0.1) is 17.4 Å². The smallest absolute Gasteiger partial charge is 0.124 e. The lowest BCUT2D eigenvalue weighted by atomic mass is 10.1. The number of nitrogens with one attached hydrogen (secondary N) is 1. The maximum absolute atomic E-state index is 10.3. The first-order valence-corrected chi connectivity index (χ1v) is 3.76. The first-order chi connectivity index (χ1) is 5.92. The van der Waals surface area contributed by atoms with Gasteiger partial charge in [0, 0.05) is 6.42 Å². The van der Waals surface area contributed by atoms with Crippen LogP contribution < -0.4 is 0 Å². The first-order valence-electron chi connectivity index (χ1n) is 3.76. The molecule has 3 nitrogen and oxygen atoms in total. The van der Waals surface area contributed by atoms with Gasteiger partial charge in [-0.3, -0.25) is 0 Å². The van der Waals surface area contributed by atoms with E-state index in [0.29, 0.717) is 6.42 Å². The molecule has 2 aromatic rings. The van der Waals surface area contributed by atoms with E-state index in [1.165, 1.54) is 0 Å². The van der Waals surface area contributed by atoms with Gasteiger partial charge in [0.2, 0.25) is 0 Å². The molecule has 3 heteroatoms. The summed E-state index contributed by atoms with van der Waals surface area (Å²) in [5.74, 6) is 0. The second-order valence-electron chi connectivity index (χ2n) is 2.59. The molecule has 0 bridgehead atoms. The Morgan fingerprint density at radius 2 is 2.42 bits per heavy atom. The SMILES string of the molecule is O=CCc1cccc2[nH]cnc12. The Kier molecular flexibility index (Phi) is 1.63. The second kappa shape index (κ2) is 2.77. The molecule has 1 aromatic heterocycles. The van der Waals surface area contributed by atoms with Crippen molar-refractivity contribution in [1.29, 1.82) is 0 Å². The van der Waals surface area contributed by atoms with E-state index in [4.69, 9.17) is 0 Å². The fourth-order valence-corrected chi connectivity index (χ4v) is 1.28. The van der Waals surface area contributed by atoms with Gasteiger partial charge in [0.1, 0.15) is 6.29 Å². The van der Waals surface area contributed by atoms with Crippen molar-refractivity contribution in [2.45, 2.75) is 6.42 Å². The van der Waals surface area contributed by atoms with E-state index in [1.54, 1.807) is 6.33 Å². The molecule has 0 fully saturated rings. The number of imidazole rings is 1. The quantitative estimate of drug-likeness (QED) is 0.673. The number of aldehydes is 1. The van der Waals surface area contributed by atoms with E-state index in [1.807, 2.05) is 18.2 Å². The number of fused-ring (bicyclic) bond motifs is 1. The largest absolute Gasteiger partial charge is 0.345 e. The van der Waals surface area contributed by atoms with Crippen molar-refractivity contribution in [2.75, 3.05) is 0 Å². The average Bonchev–Trinajstić information content (AvgIpc) is 2.53. The predicted octanol–water partition coefficient (Wildman–Crippen LogP) is 1.30. The number of hydrogen-bond donors (Lipinski definition) is 1. The van der Waals surface area contributed by atoms with Gasteiger partial charge in [0.25, 0.3) is 0 Å². The summed E-state index contributed by atoms with van der Waals surface area (Å²) < 4.78 is 0. The molecule has 0 amide bonds. The van der Waals surface area contributed by atoms with Crippen LogP contribution in [0.4, 0.5) is 0 Å². The fraction of sp³-hybridized carbons (Fsp3) is 0.111. The van der Waals surface area contributed by atoms with Crippen LogP contribution in [0.15, 0.2) is 24.5 Å². The highest BCUT2D eigenvalue weighted by Gasteiger charge is 2.00. The number of carbonyl (C=O) groups excluding carboxylic acids is 1. The third-order valence-electron chi connectivity index (χ3n) is 1.84. The Labute approximate surface area is 69.4 Å². The summed E-state index contributed by atoms with van der Waals surface area (Å²) in [5.41, 5.74) is 2.85. The highest BCUT2D eigenvalue weighted by atomic mass is 16.1. The van der Waals surface area contributed by atoms with E-state index >= 15 is 0 Å². The molecule has 0 unspecified atom stereocenters. The molecule has 0 aliphatic rings. The maximum atomic E-state index is 10.3. The van der Waals surface area contributed by atoms with Crippen LogP contribution in [0.1, 0.15) is 5.56 Å². The molecule has 60 valence electrons. The molecule has 0 spiro atoms. The minimum atomic E-state index is 0.433. The van der Waals surface area contributed by atoms with Crippen molar-refractivity contribution in [1.82, 2.24) is 9.97 Å². The Hall–Kier alpha value is -1.64. The summed E-state index contributed by atoms with van der Waals surface area (Å²) in [4.78, 5) is 17.4. The molecular weight excluding hydrogens is 152 g/mol. The number of aromatic nitrogens is 2. The number of H-pyrrole nitrogens is 1. The van der Waals surface area contributed by atoms with Crippen molar-refractivity contribution >= 4 is 17.3 Å². The summed E-state index contributed by atoms with van der Waals surface area (Å²) in [6.07, 6.45) is 2.96. The van der Waals surface area contributed by atoms with Crippen LogP contribution in [-0.2, 0) is 11.2 Å². The number of carbonyl (C=O) groups is 1. The lowest BCUT2D eigenvalue weighted by molar-refractivity contribution is -0.107. The zero-order chi connectivity index (χ0) is 8.39. The zero-order valence-corrected chi connectivity index (χ0v) is 6.45. The minimum absolute atomic E-state index is 0.433. The van der Waals surface area contributed by atoms with Crippen molar-refractivity contribution in [3.63, 3.8) is 0 Å². The average molecular weight is 160 g/mol. The van der Waals surface area contributed by atoms with Crippen LogP contribution >= 0.6 is 0 Å². The van der Waals surface area contributed by atoms with Crippen LogP contribution in [0, 0.1) is 0 Å². The van der Waals surface area contributed by atoms with Gasteiger partial charge in [-0.25, -0.2) is 4.98 Å². The Morgan fingerprint density at radius 1 is 1.50 bits per heavy atom. The van der Waals surface area contributed by atoms with Crippen molar-refractivity contribution in [2.24, 2.45) is 0 Å². The number of aromatic amines is 1. The molecule has 0 saturated heterocycles. The number of rotatable bonds is 2. The van der Waals surface area contributed by atoms with Gasteiger partial charge in [-0.2, -0.15) is 0 Å². The molecule has 1 N–H and O–H groups in total. The lowest BCUT2D eigenvalue weighted by Crippen LogP contribution is -1.86. The van der Waals surface area contributed by atoms with Gasteiger partial charge in [0.15, 0.2) is 0 Å². The summed E-state index contributed by atoms with van der Waals surface area (Å²) in [6.45, 7) is 0. The third kappa shape index (κ3) is 0.993. The van der Waals surface area contributed by atoms with Crippen LogP contribution in [0.5, 0.6) is 0 Å². The Bertz CT molecular complexity index is 406. The van der Waals surface area contributed by atoms with Gasteiger partial charge < -0.3 is 9.78 Å². The minimum Gasteiger partial charge on any atom is -0.345 e. The van der Waals surface area contributed by atoms with E-state index in [-0.39, 0.29) is 0 Å². The standard InChI is InChI=1S/C9H8N2O/c12-5-4-7-2-1-3-8-9(7)11-6-10-8/h1-3,5-6H,4H2,(H,10,11). The molecule has 0 aliphatic carbocycles. The lowest BCUT2D eigenvalue weighted by Gasteiger charge is -1.94. The molecule has 0 aliphatic heterocycles.